The average Bonchev–Trinajstić information content (AvgIpc) is 2.62. The molecule has 0 aromatic rings. The number of hydrogen-bond acceptors (Lipinski definition) is 2. The lowest BCUT2D eigenvalue weighted by Gasteiger charge is -2.37. The van der Waals surface area contributed by atoms with Crippen LogP contribution in [0.5, 0.6) is 0 Å². The van der Waals surface area contributed by atoms with E-state index in [-0.39, 0.29) is 0 Å². The third-order valence-corrected chi connectivity index (χ3v) is 3.09. The highest BCUT2D eigenvalue weighted by Gasteiger charge is 2.34. The Bertz CT molecular complexity index is 235. The average molecular weight is 204 g/mol. The fourth-order valence-electron chi connectivity index (χ4n) is 2.33. The third-order valence-electron chi connectivity index (χ3n) is 3.09. The first-order valence-corrected chi connectivity index (χ1v) is 4.99. The van der Waals surface area contributed by atoms with E-state index in [1.54, 1.807) is 0 Å². The van der Waals surface area contributed by atoms with Crippen molar-refractivity contribution in [1.29, 1.82) is 0 Å². The largest absolute Gasteiger partial charge is 0.335 e. The van der Waals surface area contributed by atoms with Crippen LogP contribution in [0.25, 0.3) is 0 Å². The number of fused-ring (bicyclic) bond motifs is 1. The summed E-state index contributed by atoms with van der Waals surface area (Å²) in [5.41, 5.74) is 0. The number of hydrogen-bond donors (Lipinski definition) is 0. The molecule has 80 valence electrons. The normalized spacial score (nSPS) is 28.2. The molecule has 1 atom stereocenters. The van der Waals surface area contributed by atoms with E-state index in [1.807, 2.05) is 0 Å². The predicted molar refractivity (Wildman–Crippen MR) is 47.2 cm³/mol. The Hall–Kier alpha value is -0.710. The number of piperazine rings is 1. The summed E-state index contributed by atoms with van der Waals surface area (Å²) < 4.78 is 24.3. The summed E-state index contributed by atoms with van der Waals surface area (Å²) in [6, 6.07) is 0.325. The van der Waals surface area contributed by atoms with Crippen molar-refractivity contribution in [3.63, 3.8) is 0 Å². The topological polar surface area (TPSA) is 23.6 Å². The smallest absolute Gasteiger partial charge is 0.315 e. The van der Waals surface area contributed by atoms with E-state index in [0.29, 0.717) is 19.1 Å². The highest BCUT2D eigenvalue weighted by Crippen LogP contribution is 2.22. The molecular weight excluding hydrogens is 190 g/mol. The molecule has 0 radical (unpaired) electrons. The molecular formula is C9H14F2N2O. The van der Waals surface area contributed by atoms with Gasteiger partial charge < -0.3 is 4.90 Å². The van der Waals surface area contributed by atoms with Crippen molar-refractivity contribution in [2.75, 3.05) is 26.2 Å². The molecule has 0 aliphatic carbocycles. The zero-order valence-electron chi connectivity index (χ0n) is 7.96. The molecule has 2 saturated heterocycles. The predicted octanol–water partition coefficient (Wildman–Crippen LogP) is 0.558. The fraction of sp³-hybridized carbons (Fsp3) is 0.889. The number of halogens is 2. The van der Waals surface area contributed by atoms with Gasteiger partial charge in [-0.15, -0.1) is 0 Å². The number of alkyl halides is 2. The SMILES string of the molecule is O=C(C(F)F)N1CCN2CCC[C@@H]2C1. The van der Waals surface area contributed by atoms with Crippen LogP contribution < -0.4 is 0 Å². The molecule has 3 nitrogen and oxygen atoms in total. The van der Waals surface area contributed by atoms with Crippen molar-refractivity contribution >= 4 is 5.91 Å². The van der Waals surface area contributed by atoms with Gasteiger partial charge in [-0.05, 0) is 19.4 Å². The molecule has 14 heavy (non-hydrogen) atoms. The molecule has 0 N–H and O–H groups in total. The summed E-state index contributed by atoms with van der Waals surface area (Å²) in [5.74, 6) is -1.00. The first-order chi connectivity index (χ1) is 6.68. The van der Waals surface area contributed by atoms with Gasteiger partial charge in [-0.3, -0.25) is 9.69 Å². The van der Waals surface area contributed by atoms with Gasteiger partial charge in [-0.25, -0.2) is 0 Å². The summed E-state index contributed by atoms with van der Waals surface area (Å²) in [5, 5.41) is 0. The lowest BCUT2D eigenvalue weighted by Crippen LogP contribution is -2.53. The van der Waals surface area contributed by atoms with Crippen molar-refractivity contribution in [2.45, 2.75) is 25.3 Å². The Morgan fingerprint density at radius 1 is 1.29 bits per heavy atom. The summed E-state index contributed by atoms with van der Waals surface area (Å²) in [7, 11) is 0. The number of amides is 1. The van der Waals surface area contributed by atoms with E-state index in [9.17, 15) is 13.6 Å². The molecule has 0 bridgehead atoms. The highest BCUT2D eigenvalue weighted by atomic mass is 19.3. The van der Waals surface area contributed by atoms with Gasteiger partial charge in [0.15, 0.2) is 0 Å². The molecule has 5 heteroatoms. The van der Waals surface area contributed by atoms with Gasteiger partial charge in [0.1, 0.15) is 0 Å². The van der Waals surface area contributed by atoms with E-state index >= 15 is 0 Å². The lowest BCUT2D eigenvalue weighted by atomic mass is 10.1. The monoisotopic (exact) mass is 204 g/mol. The van der Waals surface area contributed by atoms with Crippen LogP contribution in [0.4, 0.5) is 8.78 Å². The Morgan fingerprint density at radius 3 is 2.79 bits per heavy atom. The molecule has 2 fully saturated rings. The molecule has 2 aliphatic rings. The number of nitrogens with zero attached hydrogens (tertiary/aromatic N) is 2. The molecule has 0 unspecified atom stereocenters. The summed E-state index contributed by atoms with van der Waals surface area (Å²) in [6.07, 6.45) is -0.683. The van der Waals surface area contributed by atoms with Gasteiger partial charge in [-0.1, -0.05) is 0 Å². The highest BCUT2D eigenvalue weighted by molar-refractivity contribution is 5.79. The maximum Gasteiger partial charge on any atom is 0.315 e. The van der Waals surface area contributed by atoms with Gasteiger partial charge >= 0.3 is 6.43 Å². The quantitative estimate of drug-likeness (QED) is 0.623. The number of rotatable bonds is 1. The van der Waals surface area contributed by atoms with Crippen molar-refractivity contribution < 1.29 is 13.6 Å². The van der Waals surface area contributed by atoms with Crippen LogP contribution in [0.2, 0.25) is 0 Å². The molecule has 0 saturated carbocycles. The van der Waals surface area contributed by atoms with Crippen LogP contribution in [0.1, 0.15) is 12.8 Å². The van der Waals surface area contributed by atoms with E-state index in [0.717, 1.165) is 25.9 Å². The van der Waals surface area contributed by atoms with E-state index in [1.165, 1.54) is 4.90 Å². The lowest BCUT2D eigenvalue weighted by molar-refractivity contribution is -0.145. The molecule has 2 rings (SSSR count). The minimum absolute atomic E-state index is 0.325. The van der Waals surface area contributed by atoms with E-state index < -0.39 is 12.3 Å². The molecule has 0 aromatic heterocycles. The molecule has 2 aliphatic heterocycles. The van der Waals surface area contributed by atoms with Crippen LogP contribution in [0.15, 0.2) is 0 Å². The molecule has 0 aromatic carbocycles. The van der Waals surface area contributed by atoms with Gasteiger partial charge in [-0.2, -0.15) is 8.78 Å². The van der Waals surface area contributed by atoms with Gasteiger partial charge in [0.05, 0.1) is 0 Å². The molecule has 1 amide bonds. The van der Waals surface area contributed by atoms with Crippen molar-refractivity contribution in [3.05, 3.63) is 0 Å². The molecule has 2 heterocycles. The number of carbonyl (C=O) groups excluding carboxylic acids is 1. The van der Waals surface area contributed by atoms with Crippen molar-refractivity contribution in [3.8, 4) is 0 Å². The van der Waals surface area contributed by atoms with Crippen molar-refractivity contribution in [1.82, 2.24) is 9.80 Å². The standard InChI is InChI=1S/C9H14F2N2O/c10-8(11)9(14)13-5-4-12-3-1-2-7(12)6-13/h7-8H,1-6H2/t7-/m1/s1. The summed E-state index contributed by atoms with van der Waals surface area (Å²) in [6.45, 7) is 2.76. The maximum atomic E-state index is 12.2. The second-order valence-electron chi connectivity index (χ2n) is 3.92. The second kappa shape index (κ2) is 3.81. The zero-order chi connectivity index (χ0) is 10.1. The van der Waals surface area contributed by atoms with Crippen LogP contribution in [-0.2, 0) is 4.79 Å². The molecule has 0 spiro atoms. The van der Waals surface area contributed by atoms with Crippen LogP contribution in [0.3, 0.4) is 0 Å². The summed E-state index contributed by atoms with van der Waals surface area (Å²) in [4.78, 5) is 14.6. The fourth-order valence-corrected chi connectivity index (χ4v) is 2.33. The van der Waals surface area contributed by atoms with Crippen LogP contribution >= 0.6 is 0 Å². The van der Waals surface area contributed by atoms with E-state index in [2.05, 4.69) is 4.90 Å². The van der Waals surface area contributed by atoms with Crippen LogP contribution in [-0.4, -0.2) is 54.4 Å². The second-order valence-corrected chi connectivity index (χ2v) is 3.92. The zero-order valence-corrected chi connectivity index (χ0v) is 7.96. The van der Waals surface area contributed by atoms with E-state index in [4.69, 9.17) is 0 Å². The van der Waals surface area contributed by atoms with Gasteiger partial charge in [0.2, 0.25) is 0 Å². The Labute approximate surface area is 81.7 Å². The minimum atomic E-state index is -2.84. The Kier molecular flexibility index (Phi) is 2.67. The number of carbonyl (C=O) groups is 1. The summed E-state index contributed by atoms with van der Waals surface area (Å²) >= 11 is 0. The van der Waals surface area contributed by atoms with Gasteiger partial charge in [0.25, 0.3) is 5.91 Å². The first kappa shape index (κ1) is 9.83. The maximum absolute atomic E-state index is 12.2. The Balaban J connectivity index is 1.94. The Morgan fingerprint density at radius 2 is 2.07 bits per heavy atom. The van der Waals surface area contributed by atoms with Gasteiger partial charge in [0, 0.05) is 25.7 Å². The third kappa shape index (κ3) is 1.73. The minimum Gasteiger partial charge on any atom is -0.335 e. The first-order valence-electron chi connectivity index (χ1n) is 4.99. The van der Waals surface area contributed by atoms with Crippen LogP contribution in [0, 0.1) is 0 Å². The van der Waals surface area contributed by atoms with Crippen molar-refractivity contribution in [2.24, 2.45) is 0 Å².